The summed E-state index contributed by atoms with van der Waals surface area (Å²) in [6.07, 6.45) is 2.89. The van der Waals surface area contributed by atoms with Gasteiger partial charge in [0.15, 0.2) is 0 Å². The fourth-order valence-electron chi connectivity index (χ4n) is 3.36. The topological polar surface area (TPSA) is 75.7 Å². The van der Waals surface area contributed by atoms with Gasteiger partial charge in [-0.05, 0) is 49.3 Å². The van der Waals surface area contributed by atoms with Gasteiger partial charge in [-0.3, -0.25) is 4.79 Å². The number of nitrogens with one attached hydrogen (secondary N) is 1. The van der Waals surface area contributed by atoms with E-state index < -0.39 is 16.1 Å². The van der Waals surface area contributed by atoms with Crippen molar-refractivity contribution in [1.29, 1.82) is 0 Å². The summed E-state index contributed by atoms with van der Waals surface area (Å²) in [5, 5.41) is 2.87. The van der Waals surface area contributed by atoms with Crippen LogP contribution in [0.15, 0.2) is 29.2 Å². The summed E-state index contributed by atoms with van der Waals surface area (Å²) in [4.78, 5) is 12.9. The van der Waals surface area contributed by atoms with Gasteiger partial charge in [-0.1, -0.05) is 39.3 Å². The van der Waals surface area contributed by atoms with Gasteiger partial charge >= 0.3 is 0 Å². The van der Waals surface area contributed by atoms with Gasteiger partial charge in [0.25, 0.3) is 0 Å². The van der Waals surface area contributed by atoms with Crippen LogP contribution < -0.4 is 5.32 Å². The maximum absolute atomic E-state index is 13.2. The molecular weight excluding hydrogens is 376 g/mol. The van der Waals surface area contributed by atoms with Gasteiger partial charge in [0.2, 0.25) is 15.9 Å². The van der Waals surface area contributed by atoms with E-state index in [-0.39, 0.29) is 16.2 Å². The van der Waals surface area contributed by atoms with Crippen molar-refractivity contribution in [3.8, 4) is 0 Å². The number of benzene rings is 1. The zero-order valence-electron chi connectivity index (χ0n) is 17.5. The predicted molar refractivity (Wildman–Crippen MR) is 111 cm³/mol. The van der Waals surface area contributed by atoms with Crippen molar-refractivity contribution in [3.63, 3.8) is 0 Å². The van der Waals surface area contributed by atoms with Gasteiger partial charge in [0.1, 0.15) is 6.04 Å². The molecule has 1 atom stereocenters. The second-order valence-corrected chi connectivity index (χ2v) is 10.1. The molecule has 0 spiro atoms. The highest BCUT2D eigenvalue weighted by molar-refractivity contribution is 7.89. The first-order chi connectivity index (χ1) is 13.2. The number of carbonyl (C=O) groups excluding carboxylic acids is 1. The third-order valence-electron chi connectivity index (χ3n) is 5.05. The maximum Gasteiger partial charge on any atom is 0.243 e. The lowest BCUT2D eigenvalue weighted by Crippen LogP contribution is -2.52. The summed E-state index contributed by atoms with van der Waals surface area (Å²) in [7, 11) is -3.71. The van der Waals surface area contributed by atoms with E-state index in [1.165, 1.54) is 4.31 Å². The molecule has 1 saturated heterocycles. The summed E-state index contributed by atoms with van der Waals surface area (Å²) in [6, 6.07) is 6.38. The van der Waals surface area contributed by atoms with Crippen molar-refractivity contribution in [1.82, 2.24) is 9.62 Å². The Morgan fingerprint density at radius 1 is 1.21 bits per heavy atom. The Balaban J connectivity index is 2.11. The van der Waals surface area contributed by atoms with Crippen LogP contribution in [0.25, 0.3) is 0 Å². The number of sulfonamides is 1. The van der Waals surface area contributed by atoms with Crippen LogP contribution in [0.1, 0.15) is 58.9 Å². The molecule has 1 amide bonds. The third-order valence-corrected chi connectivity index (χ3v) is 6.97. The molecule has 158 valence electrons. The van der Waals surface area contributed by atoms with Crippen LogP contribution in [0.5, 0.6) is 0 Å². The number of ether oxygens (including phenoxy) is 1. The molecule has 1 aliphatic rings. The summed E-state index contributed by atoms with van der Waals surface area (Å²) in [6.45, 7) is 10.3. The molecule has 1 aromatic rings. The summed E-state index contributed by atoms with van der Waals surface area (Å²) < 4.78 is 33.1. The van der Waals surface area contributed by atoms with Crippen molar-refractivity contribution < 1.29 is 17.9 Å². The molecule has 1 aromatic carbocycles. The van der Waals surface area contributed by atoms with Gasteiger partial charge in [-0.25, -0.2) is 8.42 Å². The number of rotatable bonds is 8. The third kappa shape index (κ3) is 5.78. The molecule has 0 aliphatic carbocycles. The lowest BCUT2D eigenvalue weighted by atomic mass is 9.87. The Morgan fingerprint density at radius 2 is 1.89 bits per heavy atom. The largest absolute Gasteiger partial charge is 0.382 e. The van der Waals surface area contributed by atoms with Crippen LogP contribution in [0.4, 0.5) is 0 Å². The number of carbonyl (C=O) groups is 1. The molecule has 1 heterocycles. The molecule has 0 saturated carbocycles. The molecule has 1 fully saturated rings. The van der Waals surface area contributed by atoms with Crippen LogP contribution in [0.2, 0.25) is 0 Å². The second kappa shape index (κ2) is 9.85. The first-order valence-electron chi connectivity index (χ1n) is 10.2. The van der Waals surface area contributed by atoms with Gasteiger partial charge < -0.3 is 10.1 Å². The average Bonchev–Trinajstić information content (AvgIpc) is 2.67. The lowest BCUT2D eigenvalue weighted by Gasteiger charge is -2.33. The highest BCUT2D eigenvalue weighted by Gasteiger charge is 2.37. The Labute approximate surface area is 169 Å². The molecule has 1 aliphatic heterocycles. The molecule has 28 heavy (non-hydrogen) atoms. The summed E-state index contributed by atoms with van der Waals surface area (Å²) in [5.74, 6) is -0.217. The Morgan fingerprint density at radius 3 is 2.50 bits per heavy atom. The van der Waals surface area contributed by atoms with Gasteiger partial charge in [-0.15, -0.1) is 0 Å². The monoisotopic (exact) mass is 410 g/mol. The fraction of sp³-hybridized carbons (Fsp3) is 0.667. The minimum atomic E-state index is -3.71. The number of piperidine rings is 1. The van der Waals surface area contributed by atoms with E-state index >= 15 is 0 Å². The van der Waals surface area contributed by atoms with Gasteiger partial charge in [-0.2, -0.15) is 4.31 Å². The van der Waals surface area contributed by atoms with E-state index in [2.05, 4.69) is 26.1 Å². The average molecular weight is 411 g/mol. The Hall–Kier alpha value is -1.44. The molecule has 6 nitrogen and oxygen atoms in total. The lowest BCUT2D eigenvalue weighted by molar-refractivity contribution is -0.125. The zero-order valence-corrected chi connectivity index (χ0v) is 18.3. The van der Waals surface area contributed by atoms with Crippen LogP contribution >= 0.6 is 0 Å². The van der Waals surface area contributed by atoms with Crippen molar-refractivity contribution in [2.75, 3.05) is 26.3 Å². The predicted octanol–water partition coefficient (Wildman–Crippen LogP) is 3.07. The fourth-order valence-corrected chi connectivity index (χ4v) is 5.02. The van der Waals surface area contributed by atoms with E-state index in [1.807, 2.05) is 19.1 Å². The molecule has 2 rings (SSSR count). The van der Waals surface area contributed by atoms with Crippen LogP contribution in [-0.2, 0) is 25.0 Å². The number of nitrogens with zero attached hydrogens (tertiary/aromatic N) is 1. The second-order valence-electron chi connectivity index (χ2n) is 8.24. The van der Waals surface area contributed by atoms with Crippen molar-refractivity contribution in [2.24, 2.45) is 0 Å². The van der Waals surface area contributed by atoms with Gasteiger partial charge in [0, 0.05) is 26.3 Å². The summed E-state index contributed by atoms with van der Waals surface area (Å²) >= 11 is 0. The number of hydrogen-bond donors (Lipinski definition) is 1. The minimum absolute atomic E-state index is 0.0443. The summed E-state index contributed by atoms with van der Waals surface area (Å²) in [5.41, 5.74) is 1.03. The van der Waals surface area contributed by atoms with E-state index in [9.17, 15) is 13.2 Å². The first-order valence-corrected chi connectivity index (χ1v) is 11.6. The van der Waals surface area contributed by atoms with Crippen LogP contribution in [-0.4, -0.2) is 51.0 Å². The minimum Gasteiger partial charge on any atom is -0.382 e. The molecule has 0 unspecified atom stereocenters. The van der Waals surface area contributed by atoms with Crippen LogP contribution in [0.3, 0.4) is 0 Å². The molecule has 0 bridgehead atoms. The molecule has 7 heteroatoms. The standard InChI is InChI=1S/C21H34N2O4S/c1-5-27-16-8-14-22-20(24)19-9-6-7-15-23(19)28(25,26)18-12-10-17(11-13-18)21(2,3)4/h10-13,19H,5-9,14-16H2,1-4H3,(H,22,24)/t19-/m1/s1. The first kappa shape index (κ1) is 22.8. The van der Waals surface area contributed by atoms with E-state index in [0.717, 1.165) is 18.4 Å². The number of hydrogen-bond acceptors (Lipinski definition) is 4. The maximum atomic E-state index is 13.2. The van der Waals surface area contributed by atoms with Crippen LogP contribution in [0, 0.1) is 0 Å². The van der Waals surface area contributed by atoms with Crippen molar-refractivity contribution in [2.45, 2.75) is 69.7 Å². The molecule has 0 aromatic heterocycles. The SMILES string of the molecule is CCOCCCNC(=O)[C@H]1CCCCN1S(=O)(=O)c1ccc(C(C)(C)C)cc1. The van der Waals surface area contributed by atoms with Crippen molar-refractivity contribution >= 4 is 15.9 Å². The quantitative estimate of drug-likeness (QED) is 0.668. The van der Waals surface area contributed by atoms with E-state index in [4.69, 9.17) is 4.74 Å². The Kier molecular flexibility index (Phi) is 8.04. The molecule has 0 radical (unpaired) electrons. The zero-order chi connectivity index (χ0) is 20.8. The molecular formula is C21H34N2O4S. The number of amides is 1. The van der Waals surface area contributed by atoms with Gasteiger partial charge in [0.05, 0.1) is 4.90 Å². The highest BCUT2D eigenvalue weighted by Crippen LogP contribution is 2.28. The molecule has 1 N–H and O–H groups in total. The Bertz CT molecular complexity index is 739. The normalized spacial score (nSPS) is 18.8. The van der Waals surface area contributed by atoms with E-state index in [0.29, 0.717) is 39.1 Å². The van der Waals surface area contributed by atoms with E-state index in [1.54, 1.807) is 12.1 Å². The smallest absolute Gasteiger partial charge is 0.243 e. The van der Waals surface area contributed by atoms with Crippen molar-refractivity contribution in [3.05, 3.63) is 29.8 Å². The highest BCUT2D eigenvalue weighted by atomic mass is 32.2.